The van der Waals surface area contributed by atoms with E-state index in [1.54, 1.807) is 0 Å². The summed E-state index contributed by atoms with van der Waals surface area (Å²) in [6, 6.07) is 3.85. The number of hydrogen-bond donors (Lipinski definition) is 1. The third-order valence-corrected chi connectivity index (χ3v) is 3.64. The minimum Gasteiger partial charge on any atom is -0.508 e. The molecular formula is C15H21NO2. The van der Waals surface area contributed by atoms with E-state index in [1.165, 1.54) is 0 Å². The van der Waals surface area contributed by atoms with Crippen LogP contribution in [0.5, 0.6) is 5.75 Å². The van der Waals surface area contributed by atoms with Crippen LogP contribution in [0.2, 0.25) is 0 Å². The number of aromatic hydroxyl groups is 1. The lowest BCUT2D eigenvalue weighted by molar-refractivity contribution is -0.128. The molecule has 0 atom stereocenters. The van der Waals surface area contributed by atoms with Crippen LogP contribution in [-0.2, 0) is 11.3 Å². The standard InChI is InChI=1S/C15H21NO2/c1-10(2)13-8-12(11(3)7-14(13)17)9-16-6-4-5-15(16)18/h7-8,10,17H,4-6,9H2,1-3H3. The number of hydrogen-bond acceptors (Lipinski definition) is 2. The van der Waals surface area contributed by atoms with Gasteiger partial charge in [0.15, 0.2) is 0 Å². The van der Waals surface area contributed by atoms with E-state index in [9.17, 15) is 9.90 Å². The highest BCUT2D eigenvalue weighted by molar-refractivity contribution is 5.78. The van der Waals surface area contributed by atoms with Crippen molar-refractivity contribution in [2.24, 2.45) is 0 Å². The molecule has 1 saturated heterocycles. The number of nitrogens with zero attached hydrogens (tertiary/aromatic N) is 1. The summed E-state index contributed by atoms with van der Waals surface area (Å²) in [6.45, 7) is 7.64. The Morgan fingerprint density at radius 1 is 1.39 bits per heavy atom. The van der Waals surface area contributed by atoms with E-state index in [2.05, 4.69) is 13.8 Å². The first kappa shape index (κ1) is 12.9. The zero-order valence-corrected chi connectivity index (χ0v) is 11.4. The first-order valence-electron chi connectivity index (χ1n) is 6.59. The maximum Gasteiger partial charge on any atom is 0.222 e. The summed E-state index contributed by atoms with van der Waals surface area (Å²) in [4.78, 5) is 13.6. The molecule has 1 aromatic rings. The molecule has 1 fully saturated rings. The number of likely N-dealkylation sites (tertiary alicyclic amines) is 1. The number of phenolic OH excluding ortho intramolecular Hbond substituents is 1. The molecule has 18 heavy (non-hydrogen) atoms. The molecule has 1 N–H and O–H groups in total. The second-order valence-electron chi connectivity index (χ2n) is 5.41. The second-order valence-corrected chi connectivity index (χ2v) is 5.41. The number of carbonyl (C=O) groups excluding carboxylic acids is 1. The lowest BCUT2D eigenvalue weighted by Gasteiger charge is -2.19. The highest BCUT2D eigenvalue weighted by atomic mass is 16.3. The van der Waals surface area contributed by atoms with Crippen molar-refractivity contribution in [1.29, 1.82) is 0 Å². The Morgan fingerprint density at radius 3 is 2.67 bits per heavy atom. The summed E-state index contributed by atoms with van der Waals surface area (Å²) in [5.74, 6) is 0.895. The molecule has 1 aliphatic heterocycles. The van der Waals surface area contributed by atoms with E-state index in [0.29, 0.717) is 24.6 Å². The first-order chi connectivity index (χ1) is 8.49. The highest BCUT2D eigenvalue weighted by Gasteiger charge is 2.21. The Kier molecular flexibility index (Phi) is 3.60. The van der Waals surface area contributed by atoms with E-state index in [1.807, 2.05) is 24.0 Å². The summed E-state index contributed by atoms with van der Waals surface area (Å²) in [5.41, 5.74) is 3.16. The van der Waals surface area contributed by atoms with Crippen LogP contribution < -0.4 is 0 Å². The molecule has 2 rings (SSSR count). The fraction of sp³-hybridized carbons (Fsp3) is 0.533. The van der Waals surface area contributed by atoms with Gasteiger partial charge < -0.3 is 10.0 Å². The Balaban J connectivity index is 2.27. The lowest BCUT2D eigenvalue weighted by Crippen LogP contribution is -2.24. The van der Waals surface area contributed by atoms with E-state index in [0.717, 1.165) is 29.7 Å². The number of benzene rings is 1. The Hall–Kier alpha value is -1.51. The van der Waals surface area contributed by atoms with Gasteiger partial charge in [-0.1, -0.05) is 13.8 Å². The topological polar surface area (TPSA) is 40.5 Å². The van der Waals surface area contributed by atoms with Gasteiger partial charge in [-0.2, -0.15) is 0 Å². The van der Waals surface area contributed by atoms with Crippen LogP contribution in [-0.4, -0.2) is 22.5 Å². The molecule has 0 bridgehead atoms. The van der Waals surface area contributed by atoms with Crippen LogP contribution >= 0.6 is 0 Å². The second kappa shape index (κ2) is 5.01. The first-order valence-corrected chi connectivity index (χ1v) is 6.59. The zero-order valence-electron chi connectivity index (χ0n) is 11.4. The molecule has 1 aromatic carbocycles. The van der Waals surface area contributed by atoms with Gasteiger partial charge in [-0.05, 0) is 48.1 Å². The predicted molar refractivity (Wildman–Crippen MR) is 71.6 cm³/mol. The molecular weight excluding hydrogens is 226 g/mol. The van der Waals surface area contributed by atoms with Crippen molar-refractivity contribution in [1.82, 2.24) is 4.90 Å². The van der Waals surface area contributed by atoms with Crippen molar-refractivity contribution in [2.45, 2.75) is 46.1 Å². The molecule has 3 heteroatoms. The number of rotatable bonds is 3. The minimum absolute atomic E-state index is 0.244. The molecule has 1 aliphatic rings. The van der Waals surface area contributed by atoms with Gasteiger partial charge in [0.25, 0.3) is 0 Å². The highest BCUT2D eigenvalue weighted by Crippen LogP contribution is 2.29. The van der Waals surface area contributed by atoms with Crippen LogP contribution in [0.1, 0.15) is 49.3 Å². The molecule has 0 unspecified atom stereocenters. The van der Waals surface area contributed by atoms with Crippen molar-refractivity contribution in [3.63, 3.8) is 0 Å². The molecule has 98 valence electrons. The van der Waals surface area contributed by atoms with Crippen molar-refractivity contribution in [3.8, 4) is 5.75 Å². The van der Waals surface area contributed by atoms with E-state index in [4.69, 9.17) is 0 Å². The van der Waals surface area contributed by atoms with Crippen molar-refractivity contribution >= 4 is 5.91 Å². The van der Waals surface area contributed by atoms with Gasteiger partial charge in [0.1, 0.15) is 5.75 Å². The van der Waals surface area contributed by atoms with Gasteiger partial charge in [0.05, 0.1) is 0 Å². The van der Waals surface area contributed by atoms with Gasteiger partial charge in [-0.25, -0.2) is 0 Å². The summed E-state index contributed by atoms with van der Waals surface area (Å²) in [6.07, 6.45) is 1.64. The molecule has 0 radical (unpaired) electrons. The minimum atomic E-state index is 0.244. The average molecular weight is 247 g/mol. The van der Waals surface area contributed by atoms with Crippen molar-refractivity contribution in [2.75, 3.05) is 6.54 Å². The summed E-state index contributed by atoms with van der Waals surface area (Å²) >= 11 is 0. The molecule has 1 amide bonds. The van der Waals surface area contributed by atoms with Gasteiger partial charge in [-0.15, -0.1) is 0 Å². The molecule has 3 nitrogen and oxygen atoms in total. The van der Waals surface area contributed by atoms with Crippen LogP contribution in [0.15, 0.2) is 12.1 Å². The molecule has 1 heterocycles. The van der Waals surface area contributed by atoms with Crippen LogP contribution in [0.3, 0.4) is 0 Å². The zero-order chi connectivity index (χ0) is 13.3. The van der Waals surface area contributed by atoms with Crippen LogP contribution in [0.4, 0.5) is 0 Å². The molecule has 0 spiro atoms. The summed E-state index contributed by atoms with van der Waals surface area (Å²) in [5, 5.41) is 9.92. The average Bonchev–Trinajstić information content (AvgIpc) is 2.67. The smallest absolute Gasteiger partial charge is 0.222 e. The Morgan fingerprint density at radius 2 is 2.11 bits per heavy atom. The fourth-order valence-electron chi connectivity index (χ4n) is 2.47. The SMILES string of the molecule is Cc1cc(O)c(C(C)C)cc1CN1CCCC1=O. The fourth-order valence-corrected chi connectivity index (χ4v) is 2.47. The maximum atomic E-state index is 11.7. The summed E-state index contributed by atoms with van der Waals surface area (Å²) < 4.78 is 0. The molecule has 0 aliphatic carbocycles. The van der Waals surface area contributed by atoms with Gasteiger partial charge in [0.2, 0.25) is 5.91 Å². The Labute approximate surface area is 108 Å². The van der Waals surface area contributed by atoms with Crippen molar-refractivity contribution < 1.29 is 9.90 Å². The molecule has 0 saturated carbocycles. The van der Waals surface area contributed by atoms with Crippen LogP contribution in [0.25, 0.3) is 0 Å². The van der Waals surface area contributed by atoms with Gasteiger partial charge in [-0.3, -0.25) is 4.79 Å². The van der Waals surface area contributed by atoms with Crippen LogP contribution in [0, 0.1) is 6.92 Å². The molecule has 0 aromatic heterocycles. The quantitative estimate of drug-likeness (QED) is 0.892. The van der Waals surface area contributed by atoms with E-state index < -0.39 is 0 Å². The lowest BCUT2D eigenvalue weighted by atomic mass is 9.96. The monoisotopic (exact) mass is 247 g/mol. The Bertz CT molecular complexity index is 466. The number of amides is 1. The maximum absolute atomic E-state index is 11.7. The predicted octanol–water partition coefficient (Wildman–Crippen LogP) is 2.95. The number of aryl methyl sites for hydroxylation is 1. The number of carbonyl (C=O) groups is 1. The van der Waals surface area contributed by atoms with Crippen molar-refractivity contribution in [3.05, 3.63) is 28.8 Å². The van der Waals surface area contributed by atoms with Gasteiger partial charge >= 0.3 is 0 Å². The third kappa shape index (κ3) is 2.50. The third-order valence-electron chi connectivity index (χ3n) is 3.64. The summed E-state index contributed by atoms with van der Waals surface area (Å²) in [7, 11) is 0. The van der Waals surface area contributed by atoms with Gasteiger partial charge in [0, 0.05) is 19.5 Å². The normalized spacial score (nSPS) is 15.8. The van der Waals surface area contributed by atoms with E-state index >= 15 is 0 Å². The van der Waals surface area contributed by atoms with E-state index in [-0.39, 0.29) is 5.91 Å². The largest absolute Gasteiger partial charge is 0.508 e. The number of phenols is 1.